The van der Waals surface area contributed by atoms with E-state index in [9.17, 15) is 18.0 Å². The molecule has 0 bridgehead atoms. The number of amides is 2. The van der Waals surface area contributed by atoms with Crippen molar-refractivity contribution >= 4 is 33.2 Å². The molecule has 28 heavy (non-hydrogen) atoms. The first-order chi connectivity index (χ1) is 13.1. The summed E-state index contributed by atoms with van der Waals surface area (Å²) >= 11 is 0. The second-order valence-corrected chi connectivity index (χ2v) is 9.43. The van der Waals surface area contributed by atoms with Gasteiger partial charge in [-0.3, -0.25) is 9.59 Å². The molecule has 1 fully saturated rings. The number of hydrazone groups is 1. The number of carbonyl (C=O) groups is 2. The number of hydrogen-bond donors (Lipinski definition) is 1. The lowest BCUT2D eigenvalue weighted by Crippen LogP contribution is -2.48. The van der Waals surface area contributed by atoms with Gasteiger partial charge in [0, 0.05) is 32.0 Å². The van der Waals surface area contributed by atoms with Crippen LogP contribution in [0.5, 0.6) is 0 Å². The molecule has 152 valence electrons. The molecule has 0 saturated carbocycles. The van der Waals surface area contributed by atoms with Gasteiger partial charge in [0.05, 0.1) is 11.9 Å². The molecule has 3 rings (SSSR count). The first kappa shape index (κ1) is 20.5. The van der Waals surface area contributed by atoms with E-state index in [1.54, 1.807) is 0 Å². The molecule has 2 aliphatic rings. The highest BCUT2D eigenvalue weighted by atomic mass is 32.2. The number of piperidine rings is 1. The van der Waals surface area contributed by atoms with Crippen LogP contribution in [0.25, 0.3) is 0 Å². The molecule has 0 aliphatic carbocycles. The molecule has 0 atom stereocenters. The predicted molar refractivity (Wildman–Crippen MR) is 108 cm³/mol. The predicted octanol–water partition coefficient (Wildman–Crippen LogP) is 1.33. The van der Waals surface area contributed by atoms with Gasteiger partial charge in [-0.1, -0.05) is 12.1 Å². The zero-order valence-corrected chi connectivity index (χ0v) is 17.3. The van der Waals surface area contributed by atoms with Crippen LogP contribution >= 0.6 is 0 Å². The Bertz CT molecular complexity index is 918. The van der Waals surface area contributed by atoms with Crippen LogP contribution in [-0.2, 0) is 19.6 Å². The average molecular weight is 407 g/mol. The Balaban J connectivity index is 1.70. The summed E-state index contributed by atoms with van der Waals surface area (Å²) in [5, 5.41) is 8.61. The first-order valence-corrected chi connectivity index (χ1v) is 11.2. The molecule has 0 spiro atoms. The maximum absolute atomic E-state index is 12.7. The fourth-order valence-corrected chi connectivity index (χ4v) is 4.33. The largest absolute Gasteiger partial charge is 0.348 e. The number of rotatable bonds is 4. The van der Waals surface area contributed by atoms with E-state index in [4.69, 9.17) is 0 Å². The van der Waals surface area contributed by atoms with Gasteiger partial charge in [0.2, 0.25) is 15.9 Å². The van der Waals surface area contributed by atoms with E-state index in [1.807, 2.05) is 32.0 Å². The van der Waals surface area contributed by atoms with Crippen LogP contribution < -0.4 is 10.3 Å². The van der Waals surface area contributed by atoms with Crippen molar-refractivity contribution in [2.45, 2.75) is 45.6 Å². The monoisotopic (exact) mass is 406 g/mol. The number of sulfonamides is 1. The topological polar surface area (TPSA) is 99.2 Å². The van der Waals surface area contributed by atoms with Gasteiger partial charge >= 0.3 is 0 Å². The van der Waals surface area contributed by atoms with Crippen molar-refractivity contribution in [2.24, 2.45) is 5.10 Å². The van der Waals surface area contributed by atoms with Crippen molar-refractivity contribution in [3.05, 3.63) is 29.3 Å². The Morgan fingerprint density at radius 3 is 2.50 bits per heavy atom. The minimum Gasteiger partial charge on any atom is -0.348 e. The molecule has 2 aliphatic heterocycles. The number of aryl methyl sites for hydroxylation is 2. The maximum atomic E-state index is 12.7. The SMILES string of the molecule is Cc1ccc(C)c(N2N=C(C(=O)NC3CCN(S(C)(=O)=O)CC3)CCC2=O)c1. The molecule has 8 nitrogen and oxygen atoms in total. The zero-order chi connectivity index (χ0) is 20.5. The maximum Gasteiger partial charge on any atom is 0.267 e. The fraction of sp³-hybridized carbons (Fsp3) is 0.526. The van der Waals surface area contributed by atoms with Gasteiger partial charge in [-0.2, -0.15) is 5.10 Å². The highest BCUT2D eigenvalue weighted by Crippen LogP contribution is 2.25. The van der Waals surface area contributed by atoms with Crippen LogP contribution in [0.4, 0.5) is 5.69 Å². The Hall–Kier alpha value is -2.26. The third-order valence-corrected chi connectivity index (χ3v) is 6.45. The minimum atomic E-state index is -3.20. The summed E-state index contributed by atoms with van der Waals surface area (Å²) in [6, 6.07) is 5.68. The van der Waals surface area contributed by atoms with Crippen molar-refractivity contribution in [3.63, 3.8) is 0 Å². The highest BCUT2D eigenvalue weighted by molar-refractivity contribution is 7.88. The van der Waals surface area contributed by atoms with Gasteiger partial charge < -0.3 is 5.32 Å². The van der Waals surface area contributed by atoms with Crippen LogP contribution in [0.2, 0.25) is 0 Å². The summed E-state index contributed by atoms with van der Waals surface area (Å²) < 4.78 is 24.6. The molecule has 0 aromatic heterocycles. The van der Waals surface area contributed by atoms with E-state index in [2.05, 4.69) is 10.4 Å². The molecule has 9 heteroatoms. The normalized spacial score (nSPS) is 19.5. The molecule has 1 N–H and O–H groups in total. The Labute approximate surface area is 165 Å². The second kappa shape index (κ2) is 8.00. The van der Waals surface area contributed by atoms with Gasteiger partial charge in [0.1, 0.15) is 5.71 Å². The Kier molecular flexibility index (Phi) is 5.85. The molecule has 1 aromatic rings. The van der Waals surface area contributed by atoms with Crippen LogP contribution in [0, 0.1) is 13.8 Å². The number of nitrogens with one attached hydrogen (secondary N) is 1. The third kappa shape index (κ3) is 4.59. The van der Waals surface area contributed by atoms with E-state index in [-0.39, 0.29) is 24.3 Å². The van der Waals surface area contributed by atoms with E-state index >= 15 is 0 Å². The molecule has 0 radical (unpaired) electrons. The fourth-order valence-electron chi connectivity index (χ4n) is 3.45. The second-order valence-electron chi connectivity index (χ2n) is 7.45. The highest BCUT2D eigenvalue weighted by Gasteiger charge is 2.30. The molecule has 2 amide bonds. The van der Waals surface area contributed by atoms with Gasteiger partial charge in [0.15, 0.2) is 0 Å². The lowest BCUT2D eigenvalue weighted by Gasteiger charge is -2.31. The minimum absolute atomic E-state index is 0.0972. The zero-order valence-electron chi connectivity index (χ0n) is 16.4. The standard InChI is InChI=1S/C19H26N4O4S/c1-13-4-5-14(2)17(12-13)23-18(24)7-6-16(21-23)19(25)20-15-8-10-22(11-9-15)28(3,26)27/h4-5,12,15H,6-11H2,1-3H3,(H,20,25). The molecule has 2 heterocycles. The third-order valence-electron chi connectivity index (χ3n) is 5.15. The summed E-state index contributed by atoms with van der Waals surface area (Å²) in [4.78, 5) is 25.0. The molecule has 1 saturated heterocycles. The van der Waals surface area contributed by atoms with Gasteiger partial charge in [-0.25, -0.2) is 17.7 Å². The number of hydrogen-bond acceptors (Lipinski definition) is 5. The van der Waals surface area contributed by atoms with Crippen molar-refractivity contribution in [1.29, 1.82) is 0 Å². The van der Waals surface area contributed by atoms with Crippen molar-refractivity contribution < 1.29 is 18.0 Å². The van der Waals surface area contributed by atoms with E-state index in [0.717, 1.165) is 11.1 Å². The molecule has 0 unspecified atom stereocenters. The lowest BCUT2D eigenvalue weighted by atomic mass is 10.1. The van der Waals surface area contributed by atoms with Crippen LogP contribution in [0.15, 0.2) is 23.3 Å². The Morgan fingerprint density at radius 2 is 1.86 bits per heavy atom. The van der Waals surface area contributed by atoms with Crippen molar-refractivity contribution in [3.8, 4) is 0 Å². The van der Waals surface area contributed by atoms with Gasteiger partial charge in [-0.05, 0) is 43.9 Å². The number of anilines is 1. The average Bonchev–Trinajstić information content (AvgIpc) is 2.64. The van der Waals surface area contributed by atoms with E-state index in [1.165, 1.54) is 15.6 Å². The van der Waals surface area contributed by atoms with Crippen molar-refractivity contribution in [1.82, 2.24) is 9.62 Å². The van der Waals surface area contributed by atoms with E-state index in [0.29, 0.717) is 43.8 Å². The first-order valence-electron chi connectivity index (χ1n) is 9.39. The van der Waals surface area contributed by atoms with Gasteiger partial charge in [-0.15, -0.1) is 0 Å². The van der Waals surface area contributed by atoms with Crippen LogP contribution in [-0.4, -0.2) is 55.6 Å². The smallest absolute Gasteiger partial charge is 0.267 e. The number of benzene rings is 1. The van der Waals surface area contributed by atoms with E-state index < -0.39 is 10.0 Å². The number of nitrogens with zero attached hydrogens (tertiary/aromatic N) is 3. The Morgan fingerprint density at radius 1 is 1.18 bits per heavy atom. The number of carbonyl (C=O) groups excluding carboxylic acids is 2. The van der Waals surface area contributed by atoms with Gasteiger partial charge in [0.25, 0.3) is 5.91 Å². The summed E-state index contributed by atoms with van der Waals surface area (Å²) in [5.74, 6) is -0.424. The summed E-state index contributed by atoms with van der Waals surface area (Å²) in [6.45, 7) is 4.63. The van der Waals surface area contributed by atoms with Crippen LogP contribution in [0.3, 0.4) is 0 Å². The lowest BCUT2D eigenvalue weighted by molar-refractivity contribution is -0.119. The molecular weight excluding hydrogens is 380 g/mol. The summed E-state index contributed by atoms with van der Waals surface area (Å²) in [5.41, 5.74) is 2.94. The molecule has 1 aromatic carbocycles. The quantitative estimate of drug-likeness (QED) is 0.815. The summed E-state index contributed by atoms with van der Waals surface area (Å²) in [7, 11) is -3.20. The van der Waals surface area contributed by atoms with Crippen LogP contribution in [0.1, 0.15) is 36.8 Å². The molecular formula is C19H26N4O4S. The van der Waals surface area contributed by atoms with Crippen molar-refractivity contribution in [2.75, 3.05) is 24.4 Å². The summed E-state index contributed by atoms with van der Waals surface area (Å²) in [6.07, 6.45) is 2.85.